The van der Waals surface area contributed by atoms with Gasteiger partial charge in [0.05, 0.1) is 5.56 Å². The monoisotopic (exact) mass is 426 g/mol. The topological polar surface area (TPSA) is 62.7 Å². The van der Waals surface area contributed by atoms with Crippen LogP contribution in [0, 0.1) is 4.77 Å². The van der Waals surface area contributed by atoms with E-state index >= 15 is 0 Å². The van der Waals surface area contributed by atoms with Crippen LogP contribution >= 0.6 is 23.8 Å². The van der Waals surface area contributed by atoms with Crippen LogP contribution in [0.3, 0.4) is 0 Å². The Bertz CT molecular complexity index is 1040. The largest absolute Gasteiger partial charge is 0.416 e. The maximum atomic E-state index is 12.8. The molecule has 0 saturated heterocycles. The number of hydrogen-bond donors (Lipinski definition) is 2. The molecule has 5 nitrogen and oxygen atoms in total. The number of anilines is 1. The Morgan fingerprint density at radius 2 is 1.93 bits per heavy atom. The second-order valence-corrected chi connectivity index (χ2v) is 6.71. The van der Waals surface area contributed by atoms with Gasteiger partial charge in [0.15, 0.2) is 10.6 Å². The summed E-state index contributed by atoms with van der Waals surface area (Å²) in [4.78, 5) is 12.2. The molecule has 2 aromatic carbocycles. The fourth-order valence-electron chi connectivity index (χ4n) is 2.55. The highest BCUT2D eigenvalue weighted by Crippen LogP contribution is 2.30. The van der Waals surface area contributed by atoms with Gasteiger partial charge < -0.3 is 5.32 Å². The van der Waals surface area contributed by atoms with Crippen molar-refractivity contribution in [1.82, 2.24) is 14.8 Å². The lowest BCUT2D eigenvalue weighted by Gasteiger charge is -2.10. The first-order valence-electron chi connectivity index (χ1n) is 8.12. The molecule has 1 aromatic heterocycles. The molecule has 0 aliphatic carbocycles. The summed E-state index contributed by atoms with van der Waals surface area (Å²) in [6.07, 6.45) is -4.47. The molecule has 0 radical (unpaired) electrons. The van der Waals surface area contributed by atoms with Crippen molar-refractivity contribution in [2.24, 2.45) is 0 Å². The minimum Gasteiger partial charge on any atom is -0.326 e. The molecule has 0 aliphatic heterocycles. The van der Waals surface area contributed by atoms with E-state index in [-0.39, 0.29) is 18.7 Å². The zero-order chi connectivity index (χ0) is 20.3. The molecule has 0 fully saturated rings. The van der Waals surface area contributed by atoms with E-state index in [0.29, 0.717) is 15.6 Å². The summed E-state index contributed by atoms with van der Waals surface area (Å²) >= 11 is 11.1. The van der Waals surface area contributed by atoms with Crippen LogP contribution in [0.15, 0.2) is 48.5 Å². The highest BCUT2D eigenvalue weighted by molar-refractivity contribution is 7.71. The molecule has 146 valence electrons. The SMILES string of the molecule is O=C(CCn1c(-c2ccc(Cl)cc2)n[nH]c1=S)Nc1cccc(C(F)(F)F)c1. The van der Waals surface area contributed by atoms with Gasteiger partial charge in [0, 0.05) is 29.2 Å². The van der Waals surface area contributed by atoms with Crippen molar-refractivity contribution in [1.29, 1.82) is 0 Å². The number of benzene rings is 2. The first-order valence-corrected chi connectivity index (χ1v) is 8.91. The summed E-state index contributed by atoms with van der Waals surface area (Å²) in [5, 5.41) is 9.88. The third-order valence-corrected chi connectivity index (χ3v) is 4.46. The highest BCUT2D eigenvalue weighted by Gasteiger charge is 2.30. The summed E-state index contributed by atoms with van der Waals surface area (Å²) < 4.78 is 40.3. The predicted molar refractivity (Wildman–Crippen MR) is 103 cm³/mol. The summed E-state index contributed by atoms with van der Waals surface area (Å²) in [6, 6.07) is 11.4. The number of H-pyrrole nitrogens is 1. The average molecular weight is 427 g/mol. The minimum absolute atomic E-state index is 0.00464. The smallest absolute Gasteiger partial charge is 0.326 e. The van der Waals surface area contributed by atoms with Crippen LogP contribution in [-0.2, 0) is 17.5 Å². The van der Waals surface area contributed by atoms with Crippen LogP contribution in [0.1, 0.15) is 12.0 Å². The van der Waals surface area contributed by atoms with Gasteiger partial charge in [-0.3, -0.25) is 14.5 Å². The Morgan fingerprint density at radius 1 is 1.21 bits per heavy atom. The lowest BCUT2D eigenvalue weighted by atomic mass is 10.2. The molecule has 28 heavy (non-hydrogen) atoms. The lowest BCUT2D eigenvalue weighted by molar-refractivity contribution is -0.137. The van der Waals surface area contributed by atoms with Crippen LogP contribution in [0.2, 0.25) is 5.02 Å². The van der Waals surface area contributed by atoms with Gasteiger partial charge in [0.1, 0.15) is 0 Å². The number of alkyl halides is 3. The molecule has 0 atom stereocenters. The number of halogens is 4. The highest BCUT2D eigenvalue weighted by atomic mass is 35.5. The van der Waals surface area contributed by atoms with Gasteiger partial charge >= 0.3 is 6.18 Å². The zero-order valence-corrected chi connectivity index (χ0v) is 15.8. The van der Waals surface area contributed by atoms with Gasteiger partial charge in [0.2, 0.25) is 5.91 Å². The normalized spacial score (nSPS) is 11.4. The van der Waals surface area contributed by atoms with E-state index in [0.717, 1.165) is 17.7 Å². The number of nitrogens with zero attached hydrogens (tertiary/aromatic N) is 2. The second kappa shape index (κ2) is 8.15. The van der Waals surface area contributed by atoms with E-state index in [1.54, 1.807) is 28.8 Å². The Labute approximate surface area is 168 Å². The Balaban J connectivity index is 1.70. The molecule has 10 heteroatoms. The first-order chi connectivity index (χ1) is 13.2. The molecular formula is C18H14ClF3N4OS. The van der Waals surface area contributed by atoms with Crippen molar-refractivity contribution in [3.8, 4) is 11.4 Å². The van der Waals surface area contributed by atoms with Gasteiger partial charge in [-0.1, -0.05) is 17.7 Å². The average Bonchev–Trinajstić information content (AvgIpc) is 3.01. The molecule has 2 N–H and O–H groups in total. The fourth-order valence-corrected chi connectivity index (χ4v) is 2.90. The van der Waals surface area contributed by atoms with Gasteiger partial charge in [-0.2, -0.15) is 18.3 Å². The number of aromatic amines is 1. The fraction of sp³-hybridized carbons (Fsp3) is 0.167. The van der Waals surface area contributed by atoms with Crippen molar-refractivity contribution < 1.29 is 18.0 Å². The van der Waals surface area contributed by atoms with E-state index < -0.39 is 17.6 Å². The van der Waals surface area contributed by atoms with Crippen molar-refractivity contribution in [3.63, 3.8) is 0 Å². The summed E-state index contributed by atoms with van der Waals surface area (Å²) in [7, 11) is 0. The Kier molecular flexibility index (Phi) is 5.85. The lowest BCUT2D eigenvalue weighted by Crippen LogP contribution is -2.15. The second-order valence-electron chi connectivity index (χ2n) is 5.89. The number of rotatable bonds is 5. The summed E-state index contributed by atoms with van der Waals surface area (Å²) in [6.45, 7) is 0.206. The van der Waals surface area contributed by atoms with Crippen LogP contribution in [0.25, 0.3) is 11.4 Å². The summed E-state index contributed by atoms with van der Waals surface area (Å²) in [5.41, 5.74) is 0.0101. The molecule has 0 spiro atoms. The number of amides is 1. The third kappa shape index (κ3) is 4.79. The van der Waals surface area contributed by atoms with Crippen molar-refractivity contribution in [3.05, 3.63) is 63.9 Å². The molecule has 3 rings (SSSR count). The molecule has 3 aromatic rings. The van der Waals surface area contributed by atoms with Crippen LogP contribution in [-0.4, -0.2) is 20.7 Å². The minimum atomic E-state index is -4.47. The van der Waals surface area contributed by atoms with Gasteiger partial charge in [-0.05, 0) is 54.7 Å². The number of carbonyl (C=O) groups excluding carboxylic acids is 1. The van der Waals surface area contributed by atoms with Crippen LogP contribution in [0.5, 0.6) is 0 Å². The van der Waals surface area contributed by atoms with E-state index in [1.807, 2.05) is 0 Å². The molecule has 0 saturated carbocycles. The molecule has 0 bridgehead atoms. The Morgan fingerprint density at radius 3 is 2.61 bits per heavy atom. The number of hydrogen-bond acceptors (Lipinski definition) is 3. The maximum Gasteiger partial charge on any atom is 0.416 e. The zero-order valence-electron chi connectivity index (χ0n) is 14.3. The van der Waals surface area contributed by atoms with E-state index in [1.165, 1.54) is 12.1 Å². The third-order valence-electron chi connectivity index (χ3n) is 3.90. The Hall–Kier alpha value is -2.65. The van der Waals surface area contributed by atoms with Gasteiger partial charge in [-0.25, -0.2) is 0 Å². The standard InChI is InChI=1S/C18H14ClF3N4OS/c19-13-6-4-11(5-7-13)16-24-25-17(28)26(16)9-8-15(27)23-14-3-1-2-12(10-14)18(20,21)22/h1-7,10H,8-9H2,(H,23,27)(H,25,28). The first kappa shape index (κ1) is 20.1. The molecule has 1 amide bonds. The van der Waals surface area contributed by atoms with E-state index in [4.69, 9.17) is 23.8 Å². The molecular weight excluding hydrogens is 413 g/mol. The van der Waals surface area contributed by atoms with Crippen LogP contribution in [0.4, 0.5) is 18.9 Å². The number of nitrogens with one attached hydrogen (secondary N) is 2. The summed E-state index contributed by atoms with van der Waals surface area (Å²) in [5.74, 6) is 0.0954. The molecule has 0 unspecified atom stereocenters. The van der Waals surface area contributed by atoms with Crippen molar-refractivity contribution >= 4 is 35.4 Å². The molecule has 0 aliphatic rings. The number of carbonyl (C=O) groups is 1. The van der Waals surface area contributed by atoms with E-state index in [9.17, 15) is 18.0 Å². The predicted octanol–water partition coefficient (Wildman–Crippen LogP) is 5.31. The molecule has 1 heterocycles. The van der Waals surface area contributed by atoms with Gasteiger partial charge in [0.25, 0.3) is 0 Å². The van der Waals surface area contributed by atoms with E-state index in [2.05, 4.69) is 15.5 Å². The number of aromatic nitrogens is 3. The van der Waals surface area contributed by atoms with Crippen molar-refractivity contribution in [2.75, 3.05) is 5.32 Å². The maximum absolute atomic E-state index is 12.8. The quantitative estimate of drug-likeness (QED) is 0.543. The van der Waals surface area contributed by atoms with Crippen molar-refractivity contribution in [2.45, 2.75) is 19.1 Å². The van der Waals surface area contributed by atoms with Gasteiger partial charge in [-0.15, -0.1) is 0 Å². The van der Waals surface area contributed by atoms with Crippen LogP contribution < -0.4 is 5.32 Å².